The zero-order valence-electron chi connectivity index (χ0n) is 48.9. The van der Waals surface area contributed by atoms with Crippen LogP contribution in [-0.2, 0) is 9.47 Å². The molecule has 0 aromatic carbocycles. The summed E-state index contributed by atoms with van der Waals surface area (Å²) in [6.07, 6.45) is -0.576. The lowest BCUT2D eigenvalue weighted by Crippen LogP contribution is -2.37. The van der Waals surface area contributed by atoms with Crippen LogP contribution < -0.4 is 31.9 Å². The lowest BCUT2D eigenvalue weighted by molar-refractivity contribution is 0.0486. The number of ether oxygens (including phenoxy) is 2. The predicted octanol–water partition coefficient (Wildman–Crippen LogP) is 11.5. The molecule has 0 saturated heterocycles. The van der Waals surface area contributed by atoms with Crippen molar-refractivity contribution in [3.05, 3.63) is 96.5 Å². The van der Waals surface area contributed by atoms with Gasteiger partial charge in [0.1, 0.15) is 64.1 Å². The molecule has 6 aromatic heterocycles. The van der Waals surface area contributed by atoms with Gasteiger partial charge in [0.25, 0.3) is 29.5 Å². The number of amides is 6. The second kappa shape index (κ2) is 28.4. The van der Waals surface area contributed by atoms with Gasteiger partial charge in [-0.1, -0.05) is 83.1 Å². The topological polar surface area (TPSA) is 287 Å². The van der Waals surface area contributed by atoms with Gasteiger partial charge in [-0.25, -0.2) is 39.5 Å². The van der Waals surface area contributed by atoms with Crippen molar-refractivity contribution >= 4 is 110 Å². The summed E-state index contributed by atoms with van der Waals surface area (Å²) >= 11 is 7.51. The molecule has 0 aliphatic heterocycles. The van der Waals surface area contributed by atoms with Crippen LogP contribution in [0.25, 0.3) is 0 Å². The fourth-order valence-electron chi connectivity index (χ4n) is 7.99. The normalized spacial score (nSPS) is 14.1. The molecule has 0 aliphatic rings. The van der Waals surface area contributed by atoms with E-state index in [1.54, 1.807) is 60.0 Å². The van der Waals surface area contributed by atoms with E-state index in [0.717, 1.165) is 0 Å². The van der Waals surface area contributed by atoms with Crippen LogP contribution in [0.5, 0.6) is 0 Å². The van der Waals surface area contributed by atoms with Gasteiger partial charge >= 0.3 is 12.1 Å². The largest absolute Gasteiger partial charge is 0.461 e. The van der Waals surface area contributed by atoms with Gasteiger partial charge in [0.2, 0.25) is 0 Å². The van der Waals surface area contributed by atoms with Crippen molar-refractivity contribution in [2.75, 3.05) is 6.61 Å². The molecule has 21 nitrogen and oxygen atoms in total. The van der Waals surface area contributed by atoms with E-state index in [2.05, 4.69) is 61.8 Å². The number of alkyl carbamates (subject to hydrolysis) is 1. The molecule has 0 spiro atoms. The fraction of sp³-hybridized carbons (Fsp3) is 0.545. The summed E-state index contributed by atoms with van der Waals surface area (Å²) in [6.45, 7) is 30.6. The Kier molecular flexibility index (Phi) is 22.5. The molecule has 0 aliphatic carbocycles. The van der Waals surface area contributed by atoms with Crippen molar-refractivity contribution in [1.82, 2.24) is 61.8 Å². The van der Waals surface area contributed by atoms with E-state index in [-0.39, 0.29) is 76.3 Å². The van der Waals surface area contributed by atoms with Crippen LogP contribution in [0.4, 0.5) is 4.79 Å². The Labute approximate surface area is 502 Å². The van der Waals surface area contributed by atoms with Crippen LogP contribution in [0.3, 0.4) is 0 Å². The molecule has 6 heterocycles. The van der Waals surface area contributed by atoms with Crippen LogP contribution in [0.15, 0.2) is 32.3 Å². The van der Waals surface area contributed by atoms with Crippen LogP contribution >= 0.6 is 68.0 Å². The molecule has 6 aromatic rings. The molecular weight excluding hydrogens is 1170 g/mol. The summed E-state index contributed by atoms with van der Waals surface area (Å²) in [7, 11) is 0. The van der Waals surface area contributed by atoms with Crippen molar-refractivity contribution in [3.8, 4) is 0 Å². The number of rotatable bonds is 25. The second-order valence-electron chi connectivity index (χ2n) is 22.5. The Hall–Kier alpha value is -6.13. The summed E-state index contributed by atoms with van der Waals surface area (Å²) in [6, 6.07) is -3.23. The van der Waals surface area contributed by atoms with E-state index < -0.39 is 83.5 Å². The molecule has 0 unspecified atom stereocenters. The van der Waals surface area contributed by atoms with Gasteiger partial charge in [0.05, 0.1) is 42.9 Å². The first-order valence-corrected chi connectivity index (χ1v) is 32.3. The quantitative estimate of drug-likeness (QED) is 0.0291. The highest BCUT2D eigenvalue weighted by Crippen LogP contribution is 2.33. The first-order chi connectivity index (χ1) is 38.5. The van der Waals surface area contributed by atoms with Gasteiger partial charge in [0.15, 0.2) is 5.69 Å². The molecule has 6 N–H and O–H groups in total. The van der Waals surface area contributed by atoms with Gasteiger partial charge in [-0.15, -0.1) is 68.0 Å². The Balaban J connectivity index is 1.07. The standard InChI is InChI=1S/C55H74N12O9S6/c1-17-75-53(73)35-23-82-51(61-35)40(28(10)11)66-45(71)33-21-80-49(59-33)38(26(6)7)64-43(69)31-19-78-47(57-31)36(24(2)3)62-42(68)30-18-77-48(56-30)37(25(4)5)63-44(70)32-20-79-50(58-32)39(27(8)9)65-46(72)34-22-81-52(60-34)41(29(12)13)67-54(74)76-55(14,15)16/h18-29,36-41H,17H2,1-16H3,(H,62,68)(H,63,70)(H,64,69)(H,65,72)(H,66,71)(H,67,74)/t36-,37-,38-,39-,40-,41-/m0/s1. The summed E-state index contributed by atoms with van der Waals surface area (Å²) in [5, 5.41) is 31.2. The number of carbonyl (C=O) groups is 7. The van der Waals surface area contributed by atoms with E-state index in [4.69, 9.17) is 9.47 Å². The third kappa shape index (κ3) is 17.0. The molecule has 6 rings (SSSR count). The number of hydrogen-bond acceptors (Lipinski definition) is 21. The molecule has 6 atom stereocenters. The Morgan fingerprint density at radius 1 is 0.378 bits per heavy atom. The molecule has 0 fully saturated rings. The van der Waals surface area contributed by atoms with Crippen LogP contribution in [-0.4, -0.2) is 83.7 Å². The van der Waals surface area contributed by atoms with E-state index in [0.29, 0.717) is 30.0 Å². The average Bonchev–Trinajstić information content (AvgIpc) is 4.40. The van der Waals surface area contributed by atoms with E-state index in [1.807, 2.05) is 83.1 Å². The molecule has 6 amide bonds. The highest BCUT2D eigenvalue weighted by Gasteiger charge is 2.33. The summed E-state index contributed by atoms with van der Waals surface area (Å²) in [5.74, 6) is -3.30. The van der Waals surface area contributed by atoms with Crippen molar-refractivity contribution < 1.29 is 43.0 Å². The van der Waals surface area contributed by atoms with Gasteiger partial charge in [-0.05, 0) is 63.2 Å². The molecule has 27 heteroatoms. The number of hydrogen-bond donors (Lipinski definition) is 6. The zero-order valence-corrected chi connectivity index (χ0v) is 53.8. The fourth-order valence-corrected chi connectivity index (χ4v) is 14.1. The van der Waals surface area contributed by atoms with Gasteiger partial charge in [-0.2, -0.15) is 0 Å². The summed E-state index contributed by atoms with van der Waals surface area (Å²) < 4.78 is 10.5. The van der Waals surface area contributed by atoms with Crippen molar-refractivity contribution in [2.24, 2.45) is 35.5 Å². The predicted molar refractivity (Wildman–Crippen MR) is 321 cm³/mol. The Bertz CT molecular complexity index is 3180. The number of carbonyl (C=O) groups excluding carboxylic acids is 7. The Morgan fingerprint density at radius 3 is 0.793 bits per heavy atom. The number of aromatic nitrogens is 6. The molecule has 0 saturated carbocycles. The number of thiazole rings is 6. The number of nitrogens with one attached hydrogen (secondary N) is 6. The van der Waals surface area contributed by atoms with Crippen LogP contribution in [0, 0.1) is 35.5 Å². The third-order valence-electron chi connectivity index (χ3n) is 12.5. The highest BCUT2D eigenvalue weighted by atomic mass is 32.1. The van der Waals surface area contributed by atoms with Gasteiger partial charge < -0.3 is 41.4 Å². The maximum absolute atomic E-state index is 13.9. The second-order valence-corrected chi connectivity index (χ2v) is 27.8. The highest BCUT2D eigenvalue weighted by molar-refractivity contribution is 7.11. The maximum Gasteiger partial charge on any atom is 0.408 e. The van der Waals surface area contributed by atoms with Gasteiger partial charge in [-0.3, -0.25) is 24.0 Å². The third-order valence-corrected chi connectivity index (χ3v) is 18.0. The van der Waals surface area contributed by atoms with Crippen LogP contribution in [0.2, 0.25) is 0 Å². The lowest BCUT2D eigenvalue weighted by atomic mass is 10.0. The van der Waals surface area contributed by atoms with Crippen molar-refractivity contribution in [1.29, 1.82) is 0 Å². The van der Waals surface area contributed by atoms with Crippen molar-refractivity contribution in [3.63, 3.8) is 0 Å². The minimum Gasteiger partial charge on any atom is -0.461 e. The zero-order chi connectivity index (χ0) is 60.5. The molecule has 444 valence electrons. The Morgan fingerprint density at radius 2 is 0.585 bits per heavy atom. The number of esters is 1. The number of nitrogens with zero attached hydrogens (tertiary/aromatic N) is 6. The average molecular weight is 1240 g/mol. The first kappa shape index (κ1) is 65.0. The van der Waals surface area contributed by atoms with Crippen molar-refractivity contribution in [2.45, 2.75) is 153 Å². The molecule has 0 radical (unpaired) electrons. The molecule has 0 bridgehead atoms. The molecule has 82 heavy (non-hydrogen) atoms. The minimum atomic E-state index is -0.681. The maximum atomic E-state index is 13.9. The smallest absolute Gasteiger partial charge is 0.408 e. The van der Waals surface area contributed by atoms with E-state index in [9.17, 15) is 33.6 Å². The van der Waals surface area contributed by atoms with E-state index >= 15 is 0 Å². The monoisotopic (exact) mass is 1240 g/mol. The van der Waals surface area contributed by atoms with Gasteiger partial charge in [0, 0.05) is 32.3 Å². The molecular formula is C55H74N12O9S6. The van der Waals surface area contributed by atoms with Crippen LogP contribution in [0.1, 0.15) is 240 Å². The summed E-state index contributed by atoms with van der Waals surface area (Å²) in [4.78, 5) is 121. The minimum absolute atomic E-state index is 0.0378. The van der Waals surface area contributed by atoms with E-state index in [1.165, 1.54) is 68.0 Å². The lowest BCUT2D eigenvalue weighted by Gasteiger charge is -2.24. The first-order valence-electron chi connectivity index (χ1n) is 27.0. The summed E-state index contributed by atoms with van der Waals surface area (Å²) in [5.41, 5.74) is 0.344. The SMILES string of the molecule is CCOC(=O)c1csc([C@@H](NC(=O)c2csc([C@@H](NC(=O)c3csc([C@@H](NC(=O)c4csc([C@@H](NC(=O)c5csc([C@@H](NC(=O)c6csc([C@@H](NC(=O)OC(C)(C)C)C(C)C)n6)C(C)C)n5)C(C)C)n4)C(C)C)n3)C(C)C)n2)C(C)C)n1.